The zero-order valence-electron chi connectivity index (χ0n) is 11.5. The summed E-state index contributed by atoms with van der Waals surface area (Å²) in [5, 5.41) is 0. The van der Waals surface area contributed by atoms with Crippen LogP contribution in [0.2, 0.25) is 0 Å². The standard InChI is InChI=1S/C15H26O2/c1-11-6-7-13(10-12(11)2)14(16)15(3)8-4-5-9-17-15/h11-13H,4-10H2,1-3H3. The van der Waals surface area contributed by atoms with Gasteiger partial charge in [-0.25, -0.2) is 0 Å². The lowest BCUT2D eigenvalue weighted by Crippen LogP contribution is -2.46. The molecule has 2 heteroatoms. The van der Waals surface area contributed by atoms with Crippen molar-refractivity contribution < 1.29 is 9.53 Å². The molecule has 0 spiro atoms. The highest BCUT2D eigenvalue weighted by atomic mass is 16.5. The van der Waals surface area contributed by atoms with Gasteiger partial charge in [0.25, 0.3) is 0 Å². The van der Waals surface area contributed by atoms with Crippen LogP contribution in [0.5, 0.6) is 0 Å². The van der Waals surface area contributed by atoms with Crippen molar-refractivity contribution in [3.8, 4) is 0 Å². The Morgan fingerprint density at radius 3 is 2.53 bits per heavy atom. The Labute approximate surface area is 105 Å². The van der Waals surface area contributed by atoms with Gasteiger partial charge in [-0.1, -0.05) is 13.8 Å². The fourth-order valence-electron chi connectivity index (χ4n) is 3.35. The lowest BCUT2D eigenvalue weighted by atomic mass is 9.71. The second-order valence-electron chi connectivity index (χ2n) is 6.37. The van der Waals surface area contributed by atoms with E-state index in [-0.39, 0.29) is 5.92 Å². The minimum absolute atomic E-state index is 0.254. The monoisotopic (exact) mass is 238 g/mol. The average Bonchev–Trinajstić information content (AvgIpc) is 2.33. The van der Waals surface area contributed by atoms with E-state index in [4.69, 9.17) is 4.74 Å². The van der Waals surface area contributed by atoms with Crippen molar-refractivity contribution in [3.05, 3.63) is 0 Å². The van der Waals surface area contributed by atoms with Crippen molar-refractivity contribution in [1.29, 1.82) is 0 Å². The lowest BCUT2D eigenvalue weighted by molar-refractivity contribution is -0.154. The number of carbonyl (C=O) groups excluding carboxylic acids is 1. The van der Waals surface area contributed by atoms with Crippen LogP contribution in [0.1, 0.15) is 59.3 Å². The molecule has 17 heavy (non-hydrogen) atoms. The first kappa shape index (κ1) is 13.1. The number of hydrogen-bond acceptors (Lipinski definition) is 2. The third-order valence-corrected chi connectivity index (χ3v) is 4.96. The van der Waals surface area contributed by atoms with Gasteiger partial charge in [0.2, 0.25) is 0 Å². The van der Waals surface area contributed by atoms with E-state index in [0.29, 0.717) is 11.7 Å². The van der Waals surface area contributed by atoms with Crippen LogP contribution in [0.4, 0.5) is 0 Å². The van der Waals surface area contributed by atoms with Gasteiger partial charge < -0.3 is 4.74 Å². The Morgan fingerprint density at radius 2 is 1.94 bits per heavy atom. The van der Waals surface area contributed by atoms with Crippen molar-refractivity contribution in [3.63, 3.8) is 0 Å². The molecule has 2 rings (SSSR count). The molecule has 0 aromatic carbocycles. The van der Waals surface area contributed by atoms with Crippen LogP contribution in [0.3, 0.4) is 0 Å². The number of Topliss-reactive ketones (excluding diaryl/α,β-unsaturated/α-hetero) is 1. The van der Waals surface area contributed by atoms with E-state index in [1.54, 1.807) is 0 Å². The van der Waals surface area contributed by atoms with Gasteiger partial charge in [0.1, 0.15) is 5.60 Å². The zero-order valence-corrected chi connectivity index (χ0v) is 11.5. The average molecular weight is 238 g/mol. The Balaban J connectivity index is 1.99. The summed E-state index contributed by atoms with van der Waals surface area (Å²) < 4.78 is 5.79. The van der Waals surface area contributed by atoms with Crippen LogP contribution in [-0.2, 0) is 9.53 Å². The molecule has 0 bridgehead atoms. The molecule has 0 aromatic heterocycles. The summed E-state index contributed by atoms with van der Waals surface area (Å²) in [5.74, 6) is 2.10. The third kappa shape index (κ3) is 2.73. The summed E-state index contributed by atoms with van der Waals surface area (Å²) in [6, 6.07) is 0. The van der Waals surface area contributed by atoms with Crippen LogP contribution in [0.25, 0.3) is 0 Å². The number of ketones is 1. The van der Waals surface area contributed by atoms with Crippen molar-refractivity contribution in [2.45, 2.75) is 64.9 Å². The predicted octanol–water partition coefficient (Wildman–Crippen LogP) is 3.59. The summed E-state index contributed by atoms with van der Waals surface area (Å²) in [6.45, 7) is 7.37. The van der Waals surface area contributed by atoms with E-state index in [2.05, 4.69) is 13.8 Å². The highest BCUT2D eigenvalue weighted by molar-refractivity contribution is 5.89. The molecule has 98 valence electrons. The fraction of sp³-hybridized carbons (Fsp3) is 0.933. The molecular weight excluding hydrogens is 212 g/mol. The molecule has 4 atom stereocenters. The summed E-state index contributed by atoms with van der Waals surface area (Å²) >= 11 is 0. The van der Waals surface area contributed by atoms with Crippen LogP contribution in [0, 0.1) is 17.8 Å². The Hall–Kier alpha value is -0.370. The van der Waals surface area contributed by atoms with Crippen LogP contribution < -0.4 is 0 Å². The normalized spacial score (nSPS) is 43.4. The zero-order chi connectivity index (χ0) is 12.5. The van der Waals surface area contributed by atoms with E-state index < -0.39 is 5.60 Å². The first-order valence-electron chi connectivity index (χ1n) is 7.21. The van der Waals surface area contributed by atoms with Crippen LogP contribution >= 0.6 is 0 Å². The predicted molar refractivity (Wildman–Crippen MR) is 68.9 cm³/mol. The Kier molecular flexibility index (Phi) is 3.92. The molecular formula is C15H26O2. The Bertz CT molecular complexity index is 279. The first-order chi connectivity index (χ1) is 8.03. The van der Waals surface area contributed by atoms with Crippen molar-refractivity contribution in [1.82, 2.24) is 0 Å². The third-order valence-electron chi connectivity index (χ3n) is 4.96. The molecule has 0 amide bonds. The largest absolute Gasteiger partial charge is 0.367 e. The molecule has 1 aliphatic carbocycles. The minimum atomic E-state index is -0.469. The SMILES string of the molecule is CC1CCC(C(=O)C2(C)CCCCO2)CC1C. The molecule has 1 saturated heterocycles. The molecule has 1 aliphatic heterocycles. The topological polar surface area (TPSA) is 26.3 Å². The summed E-state index contributed by atoms with van der Waals surface area (Å²) in [5.41, 5.74) is -0.469. The second-order valence-corrected chi connectivity index (χ2v) is 6.37. The second kappa shape index (κ2) is 5.09. The van der Waals surface area contributed by atoms with Gasteiger partial charge in [0, 0.05) is 12.5 Å². The van der Waals surface area contributed by atoms with Crippen molar-refractivity contribution in [2.75, 3.05) is 6.61 Å². The van der Waals surface area contributed by atoms with Gasteiger partial charge in [0.15, 0.2) is 5.78 Å². The Morgan fingerprint density at radius 1 is 1.18 bits per heavy atom. The molecule has 2 nitrogen and oxygen atoms in total. The lowest BCUT2D eigenvalue weighted by Gasteiger charge is -2.38. The maximum absolute atomic E-state index is 12.6. The molecule has 2 fully saturated rings. The van der Waals surface area contributed by atoms with E-state index >= 15 is 0 Å². The van der Waals surface area contributed by atoms with Gasteiger partial charge in [-0.2, -0.15) is 0 Å². The van der Waals surface area contributed by atoms with Gasteiger partial charge in [-0.3, -0.25) is 4.79 Å². The highest BCUT2D eigenvalue weighted by Gasteiger charge is 2.41. The van der Waals surface area contributed by atoms with Crippen LogP contribution in [0.15, 0.2) is 0 Å². The van der Waals surface area contributed by atoms with Gasteiger partial charge >= 0.3 is 0 Å². The molecule has 1 heterocycles. The fourth-order valence-corrected chi connectivity index (χ4v) is 3.35. The number of ether oxygens (including phenoxy) is 1. The quantitative estimate of drug-likeness (QED) is 0.735. The first-order valence-corrected chi connectivity index (χ1v) is 7.21. The highest BCUT2D eigenvalue weighted by Crippen LogP contribution is 2.38. The van der Waals surface area contributed by atoms with E-state index in [0.717, 1.165) is 44.6 Å². The van der Waals surface area contributed by atoms with Gasteiger partial charge in [0.05, 0.1) is 0 Å². The number of hydrogen-bond donors (Lipinski definition) is 0. The molecule has 0 N–H and O–H groups in total. The summed E-state index contributed by atoms with van der Waals surface area (Å²) in [7, 11) is 0. The van der Waals surface area contributed by atoms with Gasteiger partial charge in [-0.15, -0.1) is 0 Å². The summed E-state index contributed by atoms with van der Waals surface area (Å²) in [4.78, 5) is 12.6. The van der Waals surface area contributed by atoms with E-state index in [1.165, 1.54) is 6.42 Å². The smallest absolute Gasteiger partial charge is 0.167 e. The van der Waals surface area contributed by atoms with Crippen molar-refractivity contribution >= 4 is 5.78 Å². The van der Waals surface area contributed by atoms with Crippen LogP contribution in [-0.4, -0.2) is 18.0 Å². The molecule has 0 aromatic rings. The summed E-state index contributed by atoms with van der Waals surface area (Å²) in [6.07, 6.45) is 6.52. The minimum Gasteiger partial charge on any atom is -0.367 e. The molecule has 0 radical (unpaired) electrons. The van der Waals surface area contributed by atoms with Gasteiger partial charge in [-0.05, 0) is 57.3 Å². The maximum atomic E-state index is 12.6. The van der Waals surface area contributed by atoms with Crippen molar-refractivity contribution in [2.24, 2.45) is 17.8 Å². The molecule has 1 saturated carbocycles. The maximum Gasteiger partial charge on any atom is 0.167 e. The number of rotatable bonds is 2. The number of carbonyl (C=O) groups is 1. The van der Waals surface area contributed by atoms with E-state index in [1.807, 2.05) is 6.92 Å². The molecule has 4 unspecified atom stereocenters. The van der Waals surface area contributed by atoms with E-state index in [9.17, 15) is 4.79 Å². The molecule has 2 aliphatic rings.